The van der Waals surface area contributed by atoms with Crippen molar-refractivity contribution in [2.24, 2.45) is 0 Å². The van der Waals surface area contributed by atoms with Gasteiger partial charge >= 0.3 is 0 Å². The number of sulfonamides is 1. The molecule has 0 aliphatic rings. The molecule has 0 radical (unpaired) electrons. The highest BCUT2D eigenvalue weighted by molar-refractivity contribution is 7.88. The largest absolute Gasteiger partial charge is 0.502 e. The highest BCUT2D eigenvalue weighted by Gasteiger charge is 2.10. The number of aromatic hydroxyl groups is 1. The number of phenols is 1. The average molecular weight is 304 g/mol. The van der Waals surface area contributed by atoms with Crippen LogP contribution < -0.4 is 19.5 Å². The number of ether oxygens (including phenoxy) is 2. The fourth-order valence-electron chi connectivity index (χ4n) is 1.61. The normalized spacial score (nSPS) is 11.3. The molecule has 0 saturated heterocycles. The number of rotatable bonds is 8. The monoisotopic (exact) mass is 304 g/mol. The number of phenolic OH excluding ortho intramolecular Hbond substituents is 1. The molecular formula is C12H20N2O5S. The van der Waals surface area contributed by atoms with Crippen LogP contribution in [0.5, 0.6) is 17.2 Å². The summed E-state index contributed by atoms with van der Waals surface area (Å²) in [5.74, 6) is 0.614. The first-order valence-electron chi connectivity index (χ1n) is 5.96. The van der Waals surface area contributed by atoms with Crippen molar-refractivity contribution in [2.75, 3.05) is 33.6 Å². The first kappa shape index (κ1) is 16.5. The molecule has 8 heteroatoms. The summed E-state index contributed by atoms with van der Waals surface area (Å²) < 4.78 is 34.2. The zero-order valence-electron chi connectivity index (χ0n) is 11.8. The molecule has 114 valence electrons. The predicted octanol–water partition coefficient (Wildman–Crippen LogP) is 0.0482. The minimum absolute atomic E-state index is 0.0440. The quantitative estimate of drug-likeness (QED) is 0.587. The van der Waals surface area contributed by atoms with Crippen LogP contribution in [0.1, 0.15) is 5.56 Å². The van der Waals surface area contributed by atoms with E-state index in [1.807, 2.05) is 0 Å². The van der Waals surface area contributed by atoms with Crippen molar-refractivity contribution in [3.05, 3.63) is 17.7 Å². The fourth-order valence-corrected chi connectivity index (χ4v) is 2.08. The Hall–Kier alpha value is -1.51. The van der Waals surface area contributed by atoms with Crippen LogP contribution in [-0.2, 0) is 16.6 Å². The van der Waals surface area contributed by atoms with Crippen molar-refractivity contribution < 1.29 is 23.0 Å². The first-order chi connectivity index (χ1) is 9.37. The lowest BCUT2D eigenvalue weighted by molar-refractivity contribution is 0.339. The van der Waals surface area contributed by atoms with Crippen molar-refractivity contribution in [2.45, 2.75) is 6.54 Å². The maximum atomic E-state index is 10.9. The average Bonchev–Trinajstić information content (AvgIpc) is 2.38. The smallest absolute Gasteiger partial charge is 0.208 e. The molecule has 0 amide bonds. The van der Waals surface area contributed by atoms with Crippen LogP contribution in [0.25, 0.3) is 0 Å². The maximum Gasteiger partial charge on any atom is 0.208 e. The molecule has 0 atom stereocenters. The van der Waals surface area contributed by atoms with Gasteiger partial charge in [-0.1, -0.05) is 0 Å². The third-order valence-electron chi connectivity index (χ3n) is 2.53. The van der Waals surface area contributed by atoms with Gasteiger partial charge in [0.1, 0.15) is 0 Å². The second kappa shape index (κ2) is 7.32. The van der Waals surface area contributed by atoms with Gasteiger partial charge in [0.05, 0.1) is 20.5 Å². The molecule has 1 aromatic carbocycles. The molecule has 0 spiro atoms. The standard InChI is InChI=1S/C12H20N2O5S/c1-18-10-6-9(7-11(19-2)12(10)15)8-13-4-5-14-20(3,16)17/h6-7,13-15H,4-5,8H2,1-3H3. The number of hydrogen-bond donors (Lipinski definition) is 3. The molecule has 0 bridgehead atoms. The summed E-state index contributed by atoms with van der Waals surface area (Å²) in [6.45, 7) is 1.29. The third-order valence-corrected chi connectivity index (χ3v) is 3.26. The molecule has 1 aromatic rings. The van der Waals surface area contributed by atoms with E-state index in [-0.39, 0.29) is 5.75 Å². The number of hydrogen-bond acceptors (Lipinski definition) is 6. The number of benzene rings is 1. The Morgan fingerprint density at radius 1 is 1.15 bits per heavy atom. The van der Waals surface area contributed by atoms with Gasteiger partial charge in [-0.05, 0) is 17.7 Å². The highest BCUT2D eigenvalue weighted by atomic mass is 32.2. The molecule has 0 aliphatic carbocycles. The lowest BCUT2D eigenvalue weighted by atomic mass is 10.2. The molecule has 0 fully saturated rings. The van der Waals surface area contributed by atoms with Gasteiger partial charge in [0.25, 0.3) is 0 Å². The Labute approximate surface area is 119 Å². The number of methoxy groups -OCH3 is 2. The molecule has 0 aromatic heterocycles. The van der Waals surface area contributed by atoms with Gasteiger partial charge < -0.3 is 19.9 Å². The van der Waals surface area contributed by atoms with E-state index >= 15 is 0 Å². The van der Waals surface area contributed by atoms with E-state index in [1.54, 1.807) is 12.1 Å². The van der Waals surface area contributed by atoms with E-state index in [2.05, 4.69) is 10.0 Å². The van der Waals surface area contributed by atoms with Gasteiger partial charge in [-0.3, -0.25) is 0 Å². The van der Waals surface area contributed by atoms with E-state index in [9.17, 15) is 13.5 Å². The first-order valence-corrected chi connectivity index (χ1v) is 7.85. The zero-order valence-corrected chi connectivity index (χ0v) is 12.6. The molecule has 20 heavy (non-hydrogen) atoms. The van der Waals surface area contributed by atoms with Crippen LogP contribution in [0.3, 0.4) is 0 Å². The maximum absolute atomic E-state index is 10.9. The summed E-state index contributed by atoms with van der Waals surface area (Å²) in [6.07, 6.45) is 1.11. The summed E-state index contributed by atoms with van der Waals surface area (Å²) in [5, 5.41) is 12.8. The molecule has 3 N–H and O–H groups in total. The van der Waals surface area contributed by atoms with Crippen molar-refractivity contribution in [3.8, 4) is 17.2 Å². The Bertz CT molecular complexity index is 520. The zero-order chi connectivity index (χ0) is 15.2. The van der Waals surface area contributed by atoms with Crippen LogP contribution in [0.15, 0.2) is 12.1 Å². The highest BCUT2D eigenvalue weighted by Crippen LogP contribution is 2.36. The molecule has 0 aliphatic heterocycles. The van der Waals surface area contributed by atoms with Crippen LogP contribution in [-0.4, -0.2) is 47.1 Å². The van der Waals surface area contributed by atoms with Crippen molar-refractivity contribution in [1.82, 2.24) is 10.0 Å². The molecule has 0 heterocycles. The molecule has 0 saturated carbocycles. The van der Waals surface area contributed by atoms with Gasteiger partial charge in [-0.15, -0.1) is 0 Å². The van der Waals surface area contributed by atoms with Crippen molar-refractivity contribution in [1.29, 1.82) is 0 Å². The van der Waals surface area contributed by atoms with E-state index in [0.717, 1.165) is 11.8 Å². The predicted molar refractivity (Wildman–Crippen MR) is 75.8 cm³/mol. The summed E-state index contributed by atoms with van der Waals surface area (Å²) in [7, 11) is -0.239. The third kappa shape index (κ3) is 5.24. The summed E-state index contributed by atoms with van der Waals surface area (Å²) in [5.41, 5.74) is 0.857. The van der Waals surface area contributed by atoms with Gasteiger partial charge in [-0.2, -0.15) is 0 Å². The van der Waals surface area contributed by atoms with Crippen LogP contribution in [0.4, 0.5) is 0 Å². The minimum Gasteiger partial charge on any atom is -0.502 e. The van der Waals surface area contributed by atoms with Gasteiger partial charge in [0, 0.05) is 19.6 Å². The molecule has 7 nitrogen and oxygen atoms in total. The lowest BCUT2D eigenvalue weighted by Crippen LogP contribution is -2.30. The fraction of sp³-hybridized carbons (Fsp3) is 0.500. The Kier molecular flexibility index (Phi) is 6.05. The topological polar surface area (TPSA) is 96.9 Å². The summed E-state index contributed by atoms with van der Waals surface area (Å²) >= 11 is 0. The molecule has 0 unspecified atom stereocenters. The summed E-state index contributed by atoms with van der Waals surface area (Å²) in [6, 6.07) is 3.38. The van der Waals surface area contributed by atoms with Crippen LogP contribution >= 0.6 is 0 Å². The van der Waals surface area contributed by atoms with Gasteiger partial charge in [0.2, 0.25) is 15.8 Å². The van der Waals surface area contributed by atoms with Crippen LogP contribution in [0.2, 0.25) is 0 Å². The minimum atomic E-state index is -3.16. The van der Waals surface area contributed by atoms with E-state index in [0.29, 0.717) is 31.1 Å². The van der Waals surface area contributed by atoms with Crippen LogP contribution in [0, 0.1) is 0 Å². The van der Waals surface area contributed by atoms with E-state index < -0.39 is 10.0 Å². The SMILES string of the molecule is COc1cc(CNCCNS(C)(=O)=O)cc(OC)c1O. The lowest BCUT2D eigenvalue weighted by Gasteiger charge is -2.12. The second-order valence-electron chi connectivity index (χ2n) is 4.19. The molecule has 1 rings (SSSR count). The Morgan fingerprint density at radius 3 is 2.15 bits per heavy atom. The summed E-state index contributed by atoms with van der Waals surface area (Å²) in [4.78, 5) is 0. The van der Waals surface area contributed by atoms with E-state index in [1.165, 1.54) is 14.2 Å². The van der Waals surface area contributed by atoms with Gasteiger partial charge in [0.15, 0.2) is 11.5 Å². The second-order valence-corrected chi connectivity index (χ2v) is 6.03. The molecular weight excluding hydrogens is 284 g/mol. The van der Waals surface area contributed by atoms with Crippen molar-refractivity contribution in [3.63, 3.8) is 0 Å². The number of nitrogens with one attached hydrogen (secondary N) is 2. The van der Waals surface area contributed by atoms with Gasteiger partial charge in [-0.25, -0.2) is 13.1 Å². The Balaban J connectivity index is 2.56. The van der Waals surface area contributed by atoms with Crippen molar-refractivity contribution >= 4 is 10.0 Å². The Morgan fingerprint density at radius 2 is 1.70 bits per heavy atom. The van der Waals surface area contributed by atoms with E-state index in [4.69, 9.17) is 9.47 Å².